The smallest absolute Gasteiger partial charge is 0.166 e. The molecule has 2 heterocycles. The van der Waals surface area contributed by atoms with E-state index in [9.17, 15) is 0 Å². The molecule has 27 heavy (non-hydrogen) atoms. The van der Waals surface area contributed by atoms with Gasteiger partial charge in [-0.3, -0.25) is 4.98 Å². The van der Waals surface area contributed by atoms with Crippen LogP contribution in [0.3, 0.4) is 0 Å². The van der Waals surface area contributed by atoms with Crippen molar-refractivity contribution in [1.29, 1.82) is 0 Å². The average molecular weight is 404 g/mol. The third kappa shape index (κ3) is 4.94. The Labute approximate surface area is 170 Å². The first-order chi connectivity index (χ1) is 13.1. The topological polar surface area (TPSA) is 48.1 Å². The number of anilines is 1. The minimum Gasteiger partial charge on any atom is -0.372 e. The Hall–Kier alpha value is -1.76. The number of thioether (sulfide) groups is 1. The SMILES string of the molecule is CCN(CC)CCN(C)c1ccnc(CSc2nc3ccccc3[nH]2)c1Cl. The first-order valence-corrected chi connectivity index (χ1v) is 10.6. The second-order valence-electron chi connectivity index (χ2n) is 6.39. The number of H-pyrrole nitrogens is 1. The number of imidazole rings is 1. The largest absolute Gasteiger partial charge is 0.372 e. The van der Waals surface area contributed by atoms with Gasteiger partial charge in [0.1, 0.15) is 0 Å². The van der Waals surface area contributed by atoms with Crippen molar-refractivity contribution in [3.63, 3.8) is 0 Å². The van der Waals surface area contributed by atoms with Crippen LogP contribution in [0.15, 0.2) is 41.7 Å². The van der Waals surface area contributed by atoms with Gasteiger partial charge in [0.05, 0.1) is 27.4 Å². The summed E-state index contributed by atoms with van der Waals surface area (Å²) in [5, 5.41) is 1.61. The van der Waals surface area contributed by atoms with Gasteiger partial charge >= 0.3 is 0 Å². The molecule has 5 nitrogen and oxygen atoms in total. The first-order valence-electron chi connectivity index (χ1n) is 9.26. The second kappa shape index (κ2) is 9.44. The summed E-state index contributed by atoms with van der Waals surface area (Å²) >= 11 is 8.29. The Balaban J connectivity index is 1.66. The number of benzene rings is 1. The molecular formula is C20H26ClN5S. The van der Waals surface area contributed by atoms with Crippen LogP contribution in [0.1, 0.15) is 19.5 Å². The Bertz CT molecular complexity index is 845. The van der Waals surface area contributed by atoms with Crippen LogP contribution in [0.25, 0.3) is 11.0 Å². The molecule has 0 aliphatic rings. The van der Waals surface area contributed by atoms with Gasteiger partial charge in [-0.15, -0.1) is 0 Å². The number of aromatic nitrogens is 3. The maximum absolute atomic E-state index is 6.67. The van der Waals surface area contributed by atoms with Crippen LogP contribution in [0, 0.1) is 0 Å². The number of rotatable bonds is 9. The lowest BCUT2D eigenvalue weighted by Crippen LogP contribution is -2.33. The van der Waals surface area contributed by atoms with Crippen molar-refractivity contribution >= 4 is 40.1 Å². The van der Waals surface area contributed by atoms with Crippen molar-refractivity contribution in [2.75, 3.05) is 38.1 Å². The van der Waals surface area contributed by atoms with E-state index in [1.807, 2.05) is 36.5 Å². The van der Waals surface area contributed by atoms with Crippen molar-refractivity contribution < 1.29 is 0 Å². The summed E-state index contributed by atoms with van der Waals surface area (Å²) in [5.74, 6) is 0.677. The highest BCUT2D eigenvalue weighted by atomic mass is 35.5. The monoisotopic (exact) mass is 403 g/mol. The number of halogens is 1. The van der Waals surface area contributed by atoms with Gasteiger partial charge < -0.3 is 14.8 Å². The Morgan fingerprint density at radius 3 is 2.63 bits per heavy atom. The number of aromatic amines is 1. The number of nitrogens with one attached hydrogen (secondary N) is 1. The van der Waals surface area contributed by atoms with E-state index in [0.717, 1.165) is 58.8 Å². The van der Waals surface area contributed by atoms with E-state index in [0.29, 0.717) is 5.75 Å². The molecule has 0 unspecified atom stereocenters. The lowest BCUT2D eigenvalue weighted by atomic mass is 10.3. The zero-order valence-corrected chi connectivity index (χ0v) is 17.6. The van der Waals surface area contributed by atoms with E-state index < -0.39 is 0 Å². The summed E-state index contributed by atoms with van der Waals surface area (Å²) in [6.45, 7) is 8.46. The quantitative estimate of drug-likeness (QED) is 0.525. The fourth-order valence-electron chi connectivity index (χ4n) is 2.96. The molecule has 1 aromatic carbocycles. The third-order valence-corrected chi connectivity index (χ3v) is 6.01. The summed E-state index contributed by atoms with van der Waals surface area (Å²) in [6, 6.07) is 10.0. The molecule has 0 bridgehead atoms. The molecule has 0 spiro atoms. The van der Waals surface area contributed by atoms with Crippen LogP contribution >= 0.6 is 23.4 Å². The number of pyridine rings is 1. The van der Waals surface area contributed by atoms with Gasteiger partial charge in [-0.1, -0.05) is 49.3 Å². The van der Waals surface area contributed by atoms with Crippen LogP contribution in [-0.2, 0) is 5.75 Å². The van der Waals surface area contributed by atoms with E-state index in [2.05, 4.69) is 45.6 Å². The predicted molar refractivity (Wildman–Crippen MR) is 116 cm³/mol. The van der Waals surface area contributed by atoms with Crippen LogP contribution in [0.4, 0.5) is 5.69 Å². The van der Waals surface area contributed by atoms with Crippen molar-refractivity contribution in [1.82, 2.24) is 19.9 Å². The Kier molecular flexibility index (Phi) is 6.99. The lowest BCUT2D eigenvalue weighted by Gasteiger charge is -2.25. The predicted octanol–water partition coefficient (Wildman–Crippen LogP) is 4.68. The van der Waals surface area contributed by atoms with Gasteiger partial charge in [-0.25, -0.2) is 4.98 Å². The molecule has 0 aliphatic heterocycles. The molecular weight excluding hydrogens is 378 g/mol. The number of para-hydroxylation sites is 2. The molecule has 0 atom stereocenters. The van der Waals surface area contributed by atoms with Gasteiger partial charge in [-0.2, -0.15) is 0 Å². The molecule has 0 amide bonds. The van der Waals surface area contributed by atoms with Crippen molar-refractivity contribution in [3.8, 4) is 0 Å². The molecule has 3 rings (SSSR count). The highest BCUT2D eigenvalue weighted by Gasteiger charge is 2.13. The number of hydrogen-bond donors (Lipinski definition) is 1. The van der Waals surface area contributed by atoms with Crippen LogP contribution in [-0.4, -0.2) is 53.1 Å². The summed E-state index contributed by atoms with van der Waals surface area (Å²) < 4.78 is 0. The maximum Gasteiger partial charge on any atom is 0.166 e. The molecule has 0 radical (unpaired) electrons. The number of likely N-dealkylation sites (N-methyl/N-ethyl adjacent to an activating group) is 2. The summed E-state index contributed by atoms with van der Waals surface area (Å²) in [6.07, 6.45) is 1.84. The van der Waals surface area contributed by atoms with Gasteiger partial charge in [0.2, 0.25) is 0 Å². The Morgan fingerprint density at radius 1 is 1.11 bits per heavy atom. The van der Waals surface area contributed by atoms with Gasteiger partial charge in [0.25, 0.3) is 0 Å². The van der Waals surface area contributed by atoms with Gasteiger partial charge in [0.15, 0.2) is 5.16 Å². The van der Waals surface area contributed by atoms with Crippen molar-refractivity contribution in [2.24, 2.45) is 0 Å². The van der Waals surface area contributed by atoms with E-state index in [4.69, 9.17) is 11.6 Å². The number of fused-ring (bicyclic) bond motifs is 1. The van der Waals surface area contributed by atoms with Gasteiger partial charge in [0, 0.05) is 32.1 Å². The van der Waals surface area contributed by atoms with E-state index >= 15 is 0 Å². The zero-order valence-electron chi connectivity index (χ0n) is 16.1. The first kappa shape index (κ1) is 20.0. The minimum absolute atomic E-state index is 0.677. The molecule has 3 aromatic rings. The normalized spacial score (nSPS) is 11.4. The molecule has 0 aliphatic carbocycles. The molecule has 0 saturated heterocycles. The lowest BCUT2D eigenvalue weighted by molar-refractivity contribution is 0.311. The van der Waals surface area contributed by atoms with E-state index in [-0.39, 0.29) is 0 Å². The highest BCUT2D eigenvalue weighted by molar-refractivity contribution is 7.98. The van der Waals surface area contributed by atoms with E-state index in [1.165, 1.54) is 0 Å². The highest BCUT2D eigenvalue weighted by Crippen LogP contribution is 2.31. The molecule has 1 N–H and O–H groups in total. The average Bonchev–Trinajstić information content (AvgIpc) is 3.10. The van der Waals surface area contributed by atoms with Crippen LogP contribution in [0.2, 0.25) is 5.02 Å². The maximum atomic E-state index is 6.67. The summed E-state index contributed by atoms with van der Waals surface area (Å²) in [7, 11) is 2.08. The Morgan fingerprint density at radius 2 is 1.89 bits per heavy atom. The zero-order chi connectivity index (χ0) is 19.2. The second-order valence-corrected chi connectivity index (χ2v) is 7.73. The molecule has 0 saturated carbocycles. The molecule has 0 fully saturated rings. The number of nitrogens with zero attached hydrogens (tertiary/aromatic N) is 4. The fourth-order valence-corrected chi connectivity index (χ4v) is 4.20. The van der Waals surface area contributed by atoms with Crippen molar-refractivity contribution in [2.45, 2.75) is 24.8 Å². The fraction of sp³-hybridized carbons (Fsp3) is 0.400. The number of hydrogen-bond acceptors (Lipinski definition) is 5. The van der Waals surface area contributed by atoms with Crippen LogP contribution < -0.4 is 4.90 Å². The standard InChI is InChI=1S/C20H26ClN5S/c1-4-26(5-2)13-12-25(3)18-10-11-22-17(19(18)21)14-27-20-23-15-8-6-7-9-16(15)24-20/h6-11H,4-5,12-14H2,1-3H3,(H,23,24). The minimum atomic E-state index is 0.677. The molecule has 144 valence electrons. The van der Waals surface area contributed by atoms with E-state index in [1.54, 1.807) is 11.8 Å². The van der Waals surface area contributed by atoms with Gasteiger partial charge in [-0.05, 0) is 31.3 Å². The van der Waals surface area contributed by atoms with Crippen LogP contribution in [0.5, 0.6) is 0 Å². The summed E-state index contributed by atoms with van der Waals surface area (Å²) in [5.41, 5.74) is 3.93. The third-order valence-electron chi connectivity index (χ3n) is 4.71. The molecule has 2 aromatic heterocycles. The summed E-state index contributed by atoms with van der Waals surface area (Å²) in [4.78, 5) is 17.0. The molecule has 7 heteroatoms. The van der Waals surface area contributed by atoms with Crippen molar-refractivity contribution in [3.05, 3.63) is 47.2 Å².